The quantitative estimate of drug-likeness (QED) is 0.299. The number of halogens is 1. The Morgan fingerprint density at radius 1 is 0.944 bits per heavy atom. The van der Waals surface area contributed by atoms with Gasteiger partial charge < -0.3 is 16.4 Å². The van der Waals surface area contributed by atoms with Crippen LogP contribution in [0, 0.1) is 0 Å². The Balaban J connectivity index is 0.00000320. The molecule has 8 nitrogen and oxygen atoms in total. The number of hydrogen-bond acceptors (Lipinski definition) is 5. The van der Waals surface area contributed by atoms with Gasteiger partial charge in [0.15, 0.2) is 5.65 Å². The number of nitrogens with one attached hydrogen (secondary N) is 2. The number of primary amides is 1. The third-order valence-electron chi connectivity index (χ3n) is 5.69. The highest BCUT2D eigenvalue weighted by Crippen LogP contribution is 2.32. The van der Waals surface area contributed by atoms with Gasteiger partial charge in [-0.25, -0.2) is 4.52 Å². The maximum Gasteiger partial charge on any atom is 0.251 e. The number of pyridine rings is 1. The van der Waals surface area contributed by atoms with E-state index in [0.29, 0.717) is 33.3 Å². The molecule has 0 unspecified atom stereocenters. The highest BCUT2D eigenvalue weighted by molar-refractivity contribution is 6.31. The van der Waals surface area contributed by atoms with Crippen LogP contribution in [0.25, 0.3) is 28.0 Å². The molecule has 5 aromatic rings. The summed E-state index contributed by atoms with van der Waals surface area (Å²) in [5, 5.41) is 10.9. The van der Waals surface area contributed by atoms with Gasteiger partial charge in [-0.3, -0.25) is 9.59 Å². The predicted molar refractivity (Wildman–Crippen MR) is 143 cm³/mol. The lowest BCUT2D eigenvalue weighted by Crippen LogP contribution is -2.17. The van der Waals surface area contributed by atoms with Crippen molar-refractivity contribution in [3.05, 3.63) is 101 Å². The van der Waals surface area contributed by atoms with Crippen molar-refractivity contribution in [3.63, 3.8) is 0 Å². The maximum atomic E-state index is 12.0. The molecule has 0 radical (unpaired) electrons. The predicted octanol–water partition coefficient (Wildman–Crippen LogP) is 5.16. The van der Waals surface area contributed by atoms with E-state index in [2.05, 4.69) is 20.7 Å². The lowest BCUT2D eigenvalue weighted by molar-refractivity contribution is 0.0961. The zero-order valence-electron chi connectivity index (χ0n) is 19.2. The number of benzene rings is 3. The number of anilines is 2. The first-order valence-electron chi connectivity index (χ1n) is 11.1. The summed E-state index contributed by atoms with van der Waals surface area (Å²) in [6, 6.07) is 25.4. The van der Waals surface area contributed by atoms with Gasteiger partial charge >= 0.3 is 0 Å². The molecule has 0 fully saturated rings. The number of nitrogens with zero attached hydrogens (tertiary/aromatic N) is 3. The molecule has 0 aliphatic carbocycles. The normalized spacial score (nSPS) is 10.8. The molecule has 4 N–H and O–H groups in total. The SMILES string of the molecule is CNC(=O)c1ccc(Nc2nc3cccc(-c4cc(Cl)cc(-c5ccccc5C(N)=O)c4)n3n2)cc1.[HH]. The van der Waals surface area contributed by atoms with Gasteiger partial charge in [0, 0.05) is 35.9 Å². The van der Waals surface area contributed by atoms with Crippen LogP contribution in [0.2, 0.25) is 5.02 Å². The van der Waals surface area contributed by atoms with Crippen molar-refractivity contribution in [2.75, 3.05) is 12.4 Å². The Bertz CT molecular complexity index is 1620. The van der Waals surface area contributed by atoms with Crippen LogP contribution in [-0.4, -0.2) is 33.5 Å². The van der Waals surface area contributed by atoms with Crippen molar-refractivity contribution >= 4 is 40.7 Å². The summed E-state index contributed by atoms with van der Waals surface area (Å²) >= 11 is 6.49. The molecule has 5 rings (SSSR count). The van der Waals surface area contributed by atoms with Crippen LogP contribution in [0.15, 0.2) is 84.9 Å². The van der Waals surface area contributed by atoms with Crippen molar-refractivity contribution in [2.24, 2.45) is 5.73 Å². The molecule has 2 aromatic heterocycles. The smallest absolute Gasteiger partial charge is 0.251 e. The van der Waals surface area contributed by atoms with Gasteiger partial charge in [0.1, 0.15) is 0 Å². The van der Waals surface area contributed by atoms with Gasteiger partial charge in [0.25, 0.3) is 5.91 Å². The number of hydrogen-bond donors (Lipinski definition) is 3. The molecule has 0 saturated heterocycles. The molecular formula is C27H23ClN6O2. The minimum Gasteiger partial charge on any atom is -0.366 e. The number of carbonyl (C=O) groups is 2. The summed E-state index contributed by atoms with van der Waals surface area (Å²) in [6.07, 6.45) is 0. The van der Waals surface area contributed by atoms with E-state index in [4.69, 9.17) is 17.3 Å². The van der Waals surface area contributed by atoms with E-state index in [0.717, 1.165) is 22.5 Å². The van der Waals surface area contributed by atoms with Gasteiger partial charge in [0.2, 0.25) is 11.9 Å². The first kappa shape index (κ1) is 23.1. The number of aromatic nitrogens is 3. The van der Waals surface area contributed by atoms with Crippen molar-refractivity contribution in [1.29, 1.82) is 0 Å². The van der Waals surface area contributed by atoms with Crippen LogP contribution in [0.3, 0.4) is 0 Å². The summed E-state index contributed by atoms with van der Waals surface area (Å²) in [6.45, 7) is 0. The summed E-state index contributed by atoms with van der Waals surface area (Å²) in [5.74, 6) is -0.266. The van der Waals surface area contributed by atoms with Crippen LogP contribution in [-0.2, 0) is 0 Å². The Morgan fingerprint density at radius 2 is 1.69 bits per heavy atom. The molecular weight excluding hydrogens is 476 g/mol. The molecule has 9 heteroatoms. The zero-order chi connectivity index (χ0) is 25.2. The number of fused-ring (bicyclic) bond motifs is 1. The standard InChI is InChI=1S/C27H21ClN6O2.H2/c1-30-26(36)16-9-11-20(12-10-16)31-27-32-24-8-4-7-23(34(24)33-27)18-13-17(14-19(28)15-18)21-5-2-3-6-22(21)25(29)35;/h2-15H,1H3,(H2,29,35)(H,30,36)(H,31,33);1H. The minimum absolute atomic E-state index is 0. The molecule has 36 heavy (non-hydrogen) atoms. The van der Waals surface area contributed by atoms with Crippen LogP contribution in [0.1, 0.15) is 22.1 Å². The summed E-state index contributed by atoms with van der Waals surface area (Å²) in [5.41, 5.74) is 11.0. The van der Waals surface area contributed by atoms with Crippen LogP contribution >= 0.6 is 11.6 Å². The number of nitrogens with two attached hydrogens (primary N) is 1. The van der Waals surface area contributed by atoms with Gasteiger partial charge in [-0.2, -0.15) is 4.98 Å². The van der Waals surface area contributed by atoms with Gasteiger partial charge in [0.05, 0.1) is 5.69 Å². The molecule has 2 amide bonds. The largest absolute Gasteiger partial charge is 0.366 e. The average molecular weight is 499 g/mol. The summed E-state index contributed by atoms with van der Waals surface area (Å²) in [7, 11) is 1.59. The third kappa shape index (κ3) is 4.49. The van der Waals surface area contributed by atoms with Crippen molar-refractivity contribution in [2.45, 2.75) is 0 Å². The highest BCUT2D eigenvalue weighted by atomic mass is 35.5. The topological polar surface area (TPSA) is 114 Å². The van der Waals surface area contributed by atoms with Gasteiger partial charge in [-0.1, -0.05) is 35.9 Å². The fourth-order valence-corrected chi connectivity index (χ4v) is 4.23. The monoisotopic (exact) mass is 498 g/mol. The Kier molecular flexibility index (Phi) is 6.10. The minimum atomic E-state index is -0.510. The molecule has 0 spiro atoms. The Hall–Kier alpha value is -4.69. The first-order chi connectivity index (χ1) is 17.4. The zero-order valence-corrected chi connectivity index (χ0v) is 20.0. The average Bonchev–Trinajstić information content (AvgIpc) is 3.30. The van der Waals surface area contributed by atoms with E-state index in [-0.39, 0.29) is 7.33 Å². The molecule has 0 aliphatic rings. The molecule has 0 saturated carbocycles. The maximum absolute atomic E-state index is 12.0. The fraction of sp³-hybridized carbons (Fsp3) is 0.0370. The third-order valence-corrected chi connectivity index (χ3v) is 5.91. The molecule has 0 bridgehead atoms. The van der Waals surface area contributed by atoms with Crippen molar-refractivity contribution in [1.82, 2.24) is 19.9 Å². The van der Waals surface area contributed by atoms with Crippen LogP contribution in [0.5, 0.6) is 0 Å². The lowest BCUT2D eigenvalue weighted by Gasteiger charge is -2.11. The van der Waals surface area contributed by atoms with E-state index in [9.17, 15) is 9.59 Å². The van der Waals surface area contributed by atoms with Crippen LogP contribution in [0.4, 0.5) is 11.6 Å². The second kappa shape index (κ2) is 9.52. The molecule has 0 aliphatic heterocycles. The van der Waals surface area contributed by atoms with E-state index in [1.165, 1.54) is 0 Å². The van der Waals surface area contributed by atoms with Gasteiger partial charge in [-0.15, -0.1) is 5.10 Å². The second-order valence-electron chi connectivity index (χ2n) is 8.04. The van der Waals surface area contributed by atoms with E-state index >= 15 is 0 Å². The Morgan fingerprint density at radius 3 is 2.44 bits per heavy atom. The first-order valence-corrected chi connectivity index (χ1v) is 11.5. The van der Waals surface area contributed by atoms with Crippen molar-refractivity contribution in [3.8, 4) is 22.4 Å². The van der Waals surface area contributed by atoms with Crippen molar-refractivity contribution < 1.29 is 11.0 Å². The molecule has 180 valence electrons. The molecule has 0 atom stereocenters. The van der Waals surface area contributed by atoms with Crippen LogP contribution < -0.4 is 16.4 Å². The number of amides is 2. The van der Waals surface area contributed by atoms with E-state index in [1.54, 1.807) is 54.0 Å². The molecule has 2 heterocycles. The molecule has 3 aromatic carbocycles. The van der Waals surface area contributed by atoms with Gasteiger partial charge in [-0.05, 0) is 71.8 Å². The summed E-state index contributed by atoms with van der Waals surface area (Å²) in [4.78, 5) is 28.3. The summed E-state index contributed by atoms with van der Waals surface area (Å²) < 4.78 is 1.72. The highest BCUT2D eigenvalue weighted by Gasteiger charge is 2.14. The number of rotatable bonds is 6. The number of carbonyl (C=O) groups excluding carboxylic acids is 2. The fourth-order valence-electron chi connectivity index (χ4n) is 4.00. The Labute approximate surface area is 213 Å². The second-order valence-corrected chi connectivity index (χ2v) is 8.47. The van der Waals surface area contributed by atoms with E-state index < -0.39 is 5.91 Å². The van der Waals surface area contributed by atoms with E-state index in [1.807, 2.05) is 42.5 Å². The lowest BCUT2D eigenvalue weighted by atomic mass is 9.97.